The zero-order valence-corrected chi connectivity index (χ0v) is 11.1. The molecule has 0 spiro atoms. The smallest absolute Gasteiger partial charge is 0.264 e. The maximum atomic E-state index is 12.8. The van der Waals surface area contributed by atoms with Crippen molar-refractivity contribution in [2.24, 2.45) is 0 Å². The highest BCUT2D eigenvalue weighted by Gasteiger charge is 2.20. The van der Waals surface area contributed by atoms with Crippen molar-refractivity contribution in [1.29, 1.82) is 0 Å². The number of rotatable bonds is 3. The number of hydrogen-bond donors (Lipinski definition) is 1. The lowest BCUT2D eigenvalue weighted by Gasteiger charge is -2.19. The first-order chi connectivity index (χ1) is 8.91. The number of anilines is 2. The summed E-state index contributed by atoms with van der Waals surface area (Å²) >= 11 is 0. The van der Waals surface area contributed by atoms with Gasteiger partial charge in [-0.05, 0) is 48.5 Å². The highest BCUT2D eigenvalue weighted by molar-refractivity contribution is 7.92. The minimum absolute atomic E-state index is 0.133. The van der Waals surface area contributed by atoms with Crippen LogP contribution in [0.4, 0.5) is 15.8 Å². The third-order valence-electron chi connectivity index (χ3n) is 2.73. The first-order valence-corrected chi connectivity index (χ1v) is 6.95. The summed E-state index contributed by atoms with van der Waals surface area (Å²) in [6, 6.07) is 11.1. The molecule has 100 valence electrons. The van der Waals surface area contributed by atoms with Crippen molar-refractivity contribution in [1.82, 2.24) is 0 Å². The van der Waals surface area contributed by atoms with Crippen LogP contribution in [0.1, 0.15) is 0 Å². The SMILES string of the molecule is CN(c1ccc(F)cc1)S(=O)(=O)c1ccc(N)cc1. The largest absolute Gasteiger partial charge is 0.399 e. The standard InChI is InChI=1S/C13H13FN2O2S/c1-16(12-6-2-10(14)3-7-12)19(17,18)13-8-4-11(15)5-9-13/h2-9H,15H2,1H3. The lowest BCUT2D eigenvalue weighted by molar-refractivity contribution is 0.594. The number of hydrogen-bond acceptors (Lipinski definition) is 3. The Morgan fingerprint density at radius 3 is 2.05 bits per heavy atom. The molecule has 19 heavy (non-hydrogen) atoms. The number of sulfonamides is 1. The van der Waals surface area contributed by atoms with Gasteiger partial charge in [-0.15, -0.1) is 0 Å². The normalized spacial score (nSPS) is 11.3. The summed E-state index contributed by atoms with van der Waals surface area (Å²) in [5.41, 5.74) is 6.40. The van der Waals surface area contributed by atoms with E-state index in [1.54, 1.807) is 0 Å². The maximum Gasteiger partial charge on any atom is 0.264 e. The van der Waals surface area contributed by atoms with Gasteiger partial charge in [-0.3, -0.25) is 4.31 Å². The highest BCUT2D eigenvalue weighted by Crippen LogP contribution is 2.22. The van der Waals surface area contributed by atoms with Gasteiger partial charge in [-0.25, -0.2) is 12.8 Å². The molecule has 0 saturated carbocycles. The second-order valence-electron chi connectivity index (χ2n) is 4.02. The number of nitrogens with zero attached hydrogens (tertiary/aromatic N) is 1. The Morgan fingerprint density at radius 2 is 1.53 bits per heavy atom. The summed E-state index contributed by atoms with van der Waals surface area (Å²) < 4.78 is 38.6. The molecular weight excluding hydrogens is 267 g/mol. The molecule has 2 N–H and O–H groups in total. The molecule has 0 aliphatic carbocycles. The number of benzene rings is 2. The summed E-state index contributed by atoms with van der Waals surface area (Å²) in [7, 11) is -2.25. The summed E-state index contributed by atoms with van der Waals surface area (Å²) in [6.07, 6.45) is 0. The maximum absolute atomic E-state index is 12.8. The average molecular weight is 280 g/mol. The Labute approximate surface area is 111 Å². The van der Waals surface area contributed by atoms with Gasteiger partial charge in [0.25, 0.3) is 10.0 Å². The first-order valence-electron chi connectivity index (χ1n) is 5.51. The fourth-order valence-corrected chi connectivity index (χ4v) is 2.78. The molecule has 0 heterocycles. The number of halogens is 1. The van der Waals surface area contributed by atoms with E-state index in [9.17, 15) is 12.8 Å². The van der Waals surface area contributed by atoms with Gasteiger partial charge in [0.2, 0.25) is 0 Å². The van der Waals surface area contributed by atoms with Gasteiger partial charge in [0.1, 0.15) is 5.82 Å². The minimum atomic E-state index is -3.67. The predicted octanol–water partition coefficient (Wildman–Crippen LogP) is 2.23. The predicted molar refractivity (Wildman–Crippen MR) is 72.8 cm³/mol. The molecule has 0 unspecified atom stereocenters. The van der Waals surface area contributed by atoms with Crippen LogP contribution in [0.3, 0.4) is 0 Å². The molecule has 2 aromatic carbocycles. The van der Waals surface area contributed by atoms with Crippen molar-refractivity contribution in [2.45, 2.75) is 4.90 Å². The van der Waals surface area contributed by atoms with E-state index < -0.39 is 15.8 Å². The lowest BCUT2D eigenvalue weighted by Crippen LogP contribution is -2.26. The molecule has 0 atom stereocenters. The molecule has 0 saturated heterocycles. The molecule has 0 bridgehead atoms. The Bertz CT molecular complexity index is 667. The van der Waals surface area contributed by atoms with Crippen molar-refractivity contribution in [3.8, 4) is 0 Å². The third kappa shape index (κ3) is 2.68. The average Bonchev–Trinajstić information content (AvgIpc) is 2.39. The second kappa shape index (κ2) is 4.89. The van der Waals surface area contributed by atoms with Gasteiger partial charge in [0.15, 0.2) is 0 Å². The third-order valence-corrected chi connectivity index (χ3v) is 4.53. The van der Waals surface area contributed by atoms with E-state index in [1.807, 2.05) is 0 Å². The van der Waals surface area contributed by atoms with Gasteiger partial charge in [-0.1, -0.05) is 0 Å². The molecule has 2 rings (SSSR count). The number of nitrogen functional groups attached to an aromatic ring is 1. The molecule has 0 fully saturated rings. The van der Waals surface area contributed by atoms with Crippen LogP contribution in [0.25, 0.3) is 0 Å². The fourth-order valence-electron chi connectivity index (χ4n) is 1.59. The molecule has 4 nitrogen and oxygen atoms in total. The molecule has 0 radical (unpaired) electrons. The molecular formula is C13H13FN2O2S. The van der Waals surface area contributed by atoms with Gasteiger partial charge >= 0.3 is 0 Å². The zero-order chi connectivity index (χ0) is 14.0. The van der Waals surface area contributed by atoms with Gasteiger partial charge in [0, 0.05) is 12.7 Å². The summed E-state index contributed by atoms with van der Waals surface area (Å²) in [4.78, 5) is 0.133. The van der Waals surface area contributed by atoms with E-state index in [0.717, 1.165) is 4.31 Å². The van der Waals surface area contributed by atoms with Crippen molar-refractivity contribution < 1.29 is 12.8 Å². The Kier molecular flexibility index (Phi) is 3.44. The van der Waals surface area contributed by atoms with Crippen LogP contribution in [-0.4, -0.2) is 15.5 Å². The van der Waals surface area contributed by atoms with Crippen molar-refractivity contribution in [2.75, 3.05) is 17.1 Å². The van der Waals surface area contributed by atoms with Crippen LogP contribution in [0.5, 0.6) is 0 Å². The summed E-state index contributed by atoms with van der Waals surface area (Å²) in [6.45, 7) is 0. The van der Waals surface area contributed by atoms with Crippen LogP contribution in [0.2, 0.25) is 0 Å². The van der Waals surface area contributed by atoms with Gasteiger partial charge in [0.05, 0.1) is 10.6 Å². The van der Waals surface area contributed by atoms with Gasteiger partial charge in [-0.2, -0.15) is 0 Å². The summed E-state index contributed by atoms with van der Waals surface area (Å²) in [5, 5.41) is 0. The van der Waals surface area contributed by atoms with Crippen molar-refractivity contribution in [3.05, 3.63) is 54.3 Å². The van der Waals surface area contributed by atoms with Crippen LogP contribution in [-0.2, 0) is 10.0 Å². The zero-order valence-electron chi connectivity index (χ0n) is 10.2. The van der Waals surface area contributed by atoms with E-state index in [-0.39, 0.29) is 4.90 Å². The minimum Gasteiger partial charge on any atom is -0.399 e. The van der Waals surface area contributed by atoms with Crippen LogP contribution in [0, 0.1) is 5.82 Å². The molecule has 0 aliphatic rings. The Hall–Kier alpha value is -2.08. The monoisotopic (exact) mass is 280 g/mol. The molecule has 0 amide bonds. The lowest BCUT2D eigenvalue weighted by atomic mass is 10.3. The van der Waals surface area contributed by atoms with Crippen molar-refractivity contribution >= 4 is 21.4 Å². The van der Waals surface area contributed by atoms with Crippen molar-refractivity contribution in [3.63, 3.8) is 0 Å². The van der Waals surface area contributed by atoms with E-state index in [4.69, 9.17) is 5.73 Å². The van der Waals surface area contributed by atoms with E-state index in [0.29, 0.717) is 11.4 Å². The van der Waals surface area contributed by atoms with E-state index >= 15 is 0 Å². The van der Waals surface area contributed by atoms with Crippen LogP contribution in [0.15, 0.2) is 53.4 Å². The molecule has 0 aromatic heterocycles. The number of nitrogens with two attached hydrogens (primary N) is 1. The molecule has 6 heteroatoms. The summed E-state index contributed by atoms with van der Waals surface area (Å²) in [5.74, 6) is -0.415. The van der Waals surface area contributed by atoms with Crippen LogP contribution >= 0.6 is 0 Å². The van der Waals surface area contributed by atoms with Gasteiger partial charge < -0.3 is 5.73 Å². The molecule has 2 aromatic rings. The van der Waals surface area contributed by atoms with E-state index in [2.05, 4.69) is 0 Å². The quantitative estimate of drug-likeness (QED) is 0.877. The fraction of sp³-hybridized carbons (Fsp3) is 0.0769. The highest BCUT2D eigenvalue weighted by atomic mass is 32.2. The van der Waals surface area contributed by atoms with Crippen LogP contribution < -0.4 is 10.0 Å². The topological polar surface area (TPSA) is 63.4 Å². The Balaban J connectivity index is 2.39. The molecule has 0 aliphatic heterocycles. The van der Waals surface area contributed by atoms with E-state index in [1.165, 1.54) is 55.6 Å². The first kappa shape index (κ1) is 13.4. The second-order valence-corrected chi connectivity index (χ2v) is 5.99. The Morgan fingerprint density at radius 1 is 1.00 bits per heavy atom.